The molecule has 9 nitrogen and oxygen atoms in total. The van der Waals surface area contributed by atoms with E-state index in [0.717, 1.165) is 16.3 Å². The zero-order valence-electron chi connectivity index (χ0n) is 14.5. The summed E-state index contributed by atoms with van der Waals surface area (Å²) in [5.74, 6) is 6.17. The second-order valence-electron chi connectivity index (χ2n) is 5.26. The highest BCUT2D eigenvalue weighted by atomic mass is 32.2. The fourth-order valence-electron chi connectivity index (χ4n) is 2.34. The first-order valence-electron chi connectivity index (χ1n) is 8.02. The van der Waals surface area contributed by atoms with Gasteiger partial charge < -0.3 is 4.18 Å². The van der Waals surface area contributed by atoms with Crippen LogP contribution in [-0.4, -0.2) is 27.2 Å². The maximum atomic E-state index is 8.98. The molecule has 0 saturated heterocycles. The van der Waals surface area contributed by atoms with Crippen LogP contribution in [0.1, 0.15) is 5.56 Å². The highest BCUT2D eigenvalue weighted by molar-refractivity contribution is 7.99. The molecule has 0 saturated carbocycles. The van der Waals surface area contributed by atoms with Crippen molar-refractivity contribution in [3.63, 3.8) is 0 Å². The number of anilines is 1. The topological polar surface area (TPSA) is 111 Å². The van der Waals surface area contributed by atoms with Crippen LogP contribution in [0.15, 0.2) is 66.1 Å². The molecule has 144 valence electrons. The number of hydrogen-bond donors (Lipinski definition) is 1. The van der Waals surface area contributed by atoms with Crippen molar-refractivity contribution >= 4 is 29.8 Å². The van der Waals surface area contributed by atoms with Crippen LogP contribution in [0.4, 0.5) is 5.69 Å². The summed E-state index contributed by atoms with van der Waals surface area (Å²) in [7, 11) is 0. The first kappa shape index (κ1) is 20.0. The summed E-state index contributed by atoms with van der Waals surface area (Å²) in [6, 6.07) is 17.1. The fourth-order valence-corrected chi connectivity index (χ4v) is 3.46. The molecule has 3 aromatic rings. The van der Waals surface area contributed by atoms with Crippen LogP contribution in [-0.2, 0) is 9.32 Å². The van der Waals surface area contributed by atoms with Crippen LogP contribution in [0.3, 0.4) is 0 Å². The zero-order valence-corrected chi connectivity index (χ0v) is 16.2. The zero-order chi connectivity index (χ0) is 19.6. The van der Waals surface area contributed by atoms with Gasteiger partial charge in [0.2, 0.25) is 0 Å². The first-order valence-corrected chi connectivity index (χ1v) is 9.67. The normalized spacial score (nSPS) is 10.4. The molecule has 1 heterocycles. The molecular weight excluding hydrogens is 400 g/mol. The lowest BCUT2D eigenvalue weighted by Gasteiger charge is -2.24. The van der Waals surface area contributed by atoms with E-state index in [1.165, 1.54) is 0 Å². The number of benzene rings is 2. The second kappa shape index (κ2) is 10.5. The number of nitrogens with zero attached hydrogens (tertiary/aromatic N) is 5. The van der Waals surface area contributed by atoms with Crippen molar-refractivity contribution in [1.82, 2.24) is 14.9 Å². The van der Waals surface area contributed by atoms with E-state index in [2.05, 4.69) is 25.6 Å². The molecule has 2 N–H and O–H groups in total. The van der Waals surface area contributed by atoms with Gasteiger partial charge in [-0.1, -0.05) is 6.07 Å². The van der Waals surface area contributed by atoms with Gasteiger partial charge in [0.1, 0.15) is 18.4 Å². The molecular formula is C17H16N6O3S2. The number of hydrogen-bond acceptors (Lipinski definition) is 10. The van der Waals surface area contributed by atoms with Crippen LogP contribution in [0.2, 0.25) is 0 Å². The summed E-state index contributed by atoms with van der Waals surface area (Å²) < 4.78 is 11.5. The van der Waals surface area contributed by atoms with Crippen molar-refractivity contribution in [1.29, 1.82) is 5.26 Å². The van der Waals surface area contributed by atoms with Gasteiger partial charge in [-0.25, -0.2) is 4.68 Å². The summed E-state index contributed by atoms with van der Waals surface area (Å²) >= 11 is 2.30. The molecule has 1 aromatic heterocycles. The van der Waals surface area contributed by atoms with Crippen molar-refractivity contribution < 1.29 is 13.5 Å². The van der Waals surface area contributed by atoms with Gasteiger partial charge in [0.15, 0.2) is 0 Å². The Morgan fingerprint density at radius 3 is 2.64 bits per heavy atom. The van der Waals surface area contributed by atoms with E-state index in [1.54, 1.807) is 42.6 Å². The summed E-state index contributed by atoms with van der Waals surface area (Å²) in [5, 5.41) is 18.8. The summed E-state index contributed by atoms with van der Waals surface area (Å²) in [5.41, 5.74) is 1.55. The average molecular weight is 416 g/mol. The predicted molar refractivity (Wildman–Crippen MR) is 106 cm³/mol. The Morgan fingerprint density at radius 1 is 1.14 bits per heavy atom. The second-order valence-corrected chi connectivity index (χ2v) is 6.87. The molecule has 0 atom stereocenters. The van der Waals surface area contributed by atoms with E-state index < -0.39 is 0 Å². The SMILES string of the molecule is N#Cc1ccc(N(CCSc2cccc(OSOON)c2)n2cnnc2)cc1. The van der Waals surface area contributed by atoms with Crippen molar-refractivity contribution in [2.45, 2.75) is 4.90 Å². The number of aromatic nitrogens is 3. The molecule has 0 unspecified atom stereocenters. The van der Waals surface area contributed by atoms with E-state index in [4.69, 9.17) is 15.3 Å². The quantitative estimate of drug-likeness (QED) is 0.174. The Kier molecular flexibility index (Phi) is 7.53. The van der Waals surface area contributed by atoms with Crippen molar-refractivity contribution in [3.05, 3.63) is 66.7 Å². The molecule has 3 rings (SSSR count). The van der Waals surface area contributed by atoms with Crippen LogP contribution in [0.25, 0.3) is 0 Å². The average Bonchev–Trinajstić information content (AvgIpc) is 3.26. The van der Waals surface area contributed by atoms with Gasteiger partial charge >= 0.3 is 0 Å². The van der Waals surface area contributed by atoms with Gasteiger partial charge in [-0.3, -0.25) is 5.01 Å². The summed E-state index contributed by atoms with van der Waals surface area (Å²) in [4.78, 5) is 5.01. The number of nitriles is 1. The third-order valence-corrected chi connectivity index (χ3v) is 4.92. The first-order chi connectivity index (χ1) is 13.8. The van der Waals surface area contributed by atoms with E-state index in [-0.39, 0.29) is 0 Å². The van der Waals surface area contributed by atoms with Gasteiger partial charge in [0.25, 0.3) is 12.3 Å². The minimum Gasteiger partial charge on any atom is -0.399 e. The van der Waals surface area contributed by atoms with Gasteiger partial charge in [-0.05, 0) is 42.5 Å². The Balaban J connectivity index is 1.63. The number of rotatable bonds is 10. The monoisotopic (exact) mass is 416 g/mol. The highest BCUT2D eigenvalue weighted by Crippen LogP contribution is 2.26. The summed E-state index contributed by atoms with van der Waals surface area (Å²) in [6.07, 6.45) is 3.27. The Bertz CT molecular complexity index is 902. The maximum absolute atomic E-state index is 8.98. The van der Waals surface area contributed by atoms with Crippen molar-refractivity contribution in [2.24, 2.45) is 5.90 Å². The molecule has 28 heavy (non-hydrogen) atoms. The minimum absolute atomic E-state index is 0.612. The van der Waals surface area contributed by atoms with Crippen molar-refractivity contribution in [2.75, 3.05) is 17.3 Å². The molecule has 2 aromatic carbocycles. The van der Waals surface area contributed by atoms with Crippen LogP contribution < -0.4 is 15.1 Å². The Morgan fingerprint density at radius 2 is 1.93 bits per heavy atom. The van der Waals surface area contributed by atoms with E-state index in [0.29, 0.717) is 30.2 Å². The van der Waals surface area contributed by atoms with Gasteiger partial charge in [0, 0.05) is 17.2 Å². The third-order valence-electron chi connectivity index (χ3n) is 3.55. The largest absolute Gasteiger partial charge is 0.399 e. The van der Waals surface area contributed by atoms with E-state index in [9.17, 15) is 0 Å². The van der Waals surface area contributed by atoms with Gasteiger partial charge in [0.05, 0.1) is 17.3 Å². The Hall–Kier alpha value is -2.75. The molecule has 0 radical (unpaired) electrons. The van der Waals surface area contributed by atoms with Crippen LogP contribution in [0.5, 0.6) is 5.75 Å². The number of thioether (sulfide) groups is 1. The molecule has 0 amide bonds. The fraction of sp³-hybridized carbons (Fsp3) is 0.118. The minimum atomic E-state index is 0.612. The lowest BCUT2D eigenvalue weighted by Crippen LogP contribution is -2.30. The lowest BCUT2D eigenvalue weighted by atomic mass is 10.2. The van der Waals surface area contributed by atoms with Crippen molar-refractivity contribution in [3.8, 4) is 11.8 Å². The van der Waals surface area contributed by atoms with Gasteiger partial charge in [-0.2, -0.15) is 11.2 Å². The summed E-state index contributed by atoms with van der Waals surface area (Å²) in [6.45, 7) is 0.693. The standard InChI is InChI=1S/C17H16N6O3S2/c18-11-14-4-6-15(7-5-14)23(22-12-20-21-13-22)8-9-27-17-3-1-2-16(10-17)24-28-26-25-19/h1-7,10,12-13H,8-9,19H2. The molecule has 0 fully saturated rings. The molecule has 0 aliphatic carbocycles. The third kappa shape index (κ3) is 5.62. The smallest absolute Gasteiger partial charge is 0.260 e. The molecule has 0 bridgehead atoms. The maximum Gasteiger partial charge on any atom is 0.260 e. The van der Waals surface area contributed by atoms with Crippen LogP contribution >= 0.6 is 24.1 Å². The van der Waals surface area contributed by atoms with Gasteiger partial charge in [-0.15, -0.1) is 31.3 Å². The Labute approximate surface area is 170 Å². The molecule has 0 aliphatic heterocycles. The molecule has 11 heteroatoms. The highest BCUT2D eigenvalue weighted by Gasteiger charge is 2.10. The molecule has 0 spiro atoms. The predicted octanol–water partition coefficient (Wildman–Crippen LogP) is 2.98. The number of nitrogens with two attached hydrogens (primary N) is 1. The lowest BCUT2D eigenvalue weighted by molar-refractivity contribution is -0.199. The van der Waals surface area contributed by atoms with E-state index >= 15 is 0 Å². The van der Waals surface area contributed by atoms with Crippen LogP contribution in [0, 0.1) is 11.3 Å². The van der Waals surface area contributed by atoms with E-state index in [1.807, 2.05) is 40.0 Å². The molecule has 0 aliphatic rings.